The molecule has 11 heteroatoms. The molecule has 182 valence electrons. The van der Waals surface area contributed by atoms with Crippen LogP contribution in [-0.4, -0.2) is 37.7 Å². The molecule has 1 atom stereocenters. The number of nitro groups is 1. The van der Waals surface area contributed by atoms with Gasteiger partial charge in [-0.15, -0.1) is 5.10 Å². The van der Waals surface area contributed by atoms with Crippen molar-refractivity contribution in [2.45, 2.75) is 39.5 Å². The minimum atomic E-state index is -0.896. The lowest BCUT2D eigenvalue weighted by molar-refractivity contribution is -0.385. The maximum Gasteiger partial charge on any atom is 0.339 e. The normalized spacial score (nSPS) is 12.0. The molecule has 4 rings (SSSR count). The number of aryl methyl sites for hydroxylation is 1. The highest BCUT2D eigenvalue weighted by Crippen LogP contribution is 2.27. The second kappa shape index (κ2) is 10.3. The lowest BCUT2D eigenvalue weighted by Crippen LogP contribution is -2.24. The predicted octanol–water partition coefficient (Wildman–Crippen LogP) is 3.18. The van der Waals surface area contributed by atoms with Gasteiger partial charge in [-0.1, -0.05) is 24.3 Å². The van der Waals surface area contributed by atoms with E-state index in [1.807, 2.05) is 19.9 Å². The van der Waals surface area contributed by atoms with Gasteiger partial charge in [0.05, 0.1) is 17.7 Å². The van der Waals surface area contributed by atoms with Crippen LogP contribution in [0, 0.1) is 17.0 Å². The molecule has 0 aliphatic rings. The van der Waals surface area contributed by atoms with Gasteiger partial charge < -0.3 is 19.0 Å². The average Bonchev–Trinajstić information content (AvgIpc) is 3.28. The summed E-state index contributed by atoms with van der Waals surface area (Å²) < 4.78 is 18.0. The lowest BCUT2D eigenvalue weighted by Gasteiger charge is -2.13. The third kappa shape index (κ3) is 5.46. The largest absolute Gasteiger partial charge is 0.491 e. The minimum Gasteiger partial charge on any atom is -0.491 e. The second-order valence-electron chi connectivity index (χ2n) is 7.91. The van der Waals surface area contributed by atoms with Crippen LogP contribution in [0.15, 0.2) is 57.9 Å². The van der Waals surface area contributed by atoms with Crippen molar-refractivity contribution in [2.75, 3.05) is 6.61 Å². The summed E-state index contributed by atoms with van der Waals surface area (Å²) >= 11 is 0. The third-order valence-electron chi connectivity index (χ3n) is 5.48. The quantitative estimate of drug-likeness (QED) is 0.206. The molecule has 11 nitrogen and oxygen atoms in total. The Bertz CT molecular complexity index is 1410. The summed E-state index contributed by atoms with van der Waals surface area (Å²) in [4.78, 5) is 22.7. The number of aliphatic hydroxyl groups excluding tert-OH is 1. The molecule has 0 amide bonds. The first-order valence-corrected chi connectivity index (χ1v) is 11.0. The number of nitrogens with zero attached hydrogens (tertiary/aromatic N) is 4. The number of hydrogen-bond donors (Lipinski definition) is 1. The Morgan fingerprint density at radius 3 is 2.80 bits per heavy atom. The van der Waals surface area contributed by atoms with E-state index in [0.29, 0.717) is 29.0 Å². The standard InChI is InChI=1S/C24H24N4O7/c1-3-19-15(2)20-9-8-18(10-23(20)35-24(19)30)33-14-17(29)12-27-11-16(25-26-27)13-34-22-7-5-4-6-21(22)28(31)32/h4-11,17,29H,3,12-14H2,1-2H3. The van der Waals surface area contributed by atoms with E-state index in [1.54, 1.807) is 30.5 Å². The van der Waals surface area contributed by atoms with Crippen LogP contribution in [0.3, 0.4) is 0 Å². The molecule has 0 radical (unpaired) electrons. The van der Waals surface area contributed by atoms with Gasteiger partial charge in [-0.05, 0) is 37.1 Å². The molecular formula is C24H24N4O7. The van der Waals surface area contributed by atoms with Crippen LogP contribution in [0.25, 0.3) is 11.0 Å². The molecule has 0 saturated heterocycles. The number of benzene rings is 2. The number of fused-ring (bicyclic) bond motifs is 1. The SMILES string of the molecule is CCc1c(C)c2ccc(OCC(O)Cn3cc(COc4ccccc4[N+](=O)[O-])nn3)cc2oc1=O. The Kier molecular flexibility index (Phi) is 7.06. The molecule has 4 aromatic rings. The van der Waals surface area contributed by atoms with E-state index in [-0.39, 0.29) is 36.8 Å². The van der Waals surface area contributed by atoms with Crippen LogP contribution >= 0.6 is 0 Å². The Labute approximate surface area is 199 Å². The van der Waals surface area contributed by atoms with Crippen LogP contribution in [-0.2, 0) is 19.6 Å². The summed E-state index contributed by atoms with van der Waals surface area (Å²) in [5, 5.41) is 30.2. The molecule has 2 aromatic heterocycles. The van der Waals surface area contributed by atoms with Gasteiger partial charge in [-0.25, -0.2) is 9.48 Å². The van der Waals surface area contributed by atoms with Gasteiger partial charge in [-0.3, -0.25) is 10.1 Å². The first-order valence-electron chi connectivity index (χ1n) is 11.0. The molecule has 0 aliphatic heterocycles. The maximum atomic E-state index is 12.1. The van der Waals surface area contributed by atoms with Gasteiger partial charge in [0.25, 0.3) is 0 Å². The maximum absolute atomic E-state index is 12.1. The molecule has 1 N–H and O–H groups in total. The van der Waals surface area contributed by atoms with Crippen molar-refractivity contribution in [2.24, 2.45) is 0 Å². The summed E-state index contributed by atoms with van der Waals surface area (Å²) in [6.45, 7) is 3.87. The predicted molar refractivity (Wildman–Crippen MR) is 126 cm³/mol. The number of hydrogen-bond acceptors (Lipinski definition) is 9. The lowest BCUT2D eigenvalue weighted by atomic mass is 10.0. The number of ether oxygens (including phenoxy) is 2. The number of nitro benzene ring substituents is 1. The summed E-state index contributed by atoms with van der Waals surface area (Å²) in [7, 11) is 0. The molecule has 0 fully saturated rings. The van der Waals surface area contributed by atoms with Crippen molar-refractivity contribution < 1.29 is 23.9 Å². The van der Waals surface area contributed by atoms with E-state index >= 15 is 0 Å². The van der Waals surface area contributed by atoms with E-state index in [0.717, 1.165) is 10.9 Å². The number of aromatic nitrogens is 3. The van der Waals surface area contributed by atoms with Crippen molar-refractivity contribution in [3.8, 4) is 11.5 Å². The molecule has 2 heterocycles. The third-order valence-corrected chi connectivity index (χ3v) is 5.48. The van der Waals surface area contributed by atoms with Crippen LogP contribution in [0.2, 0.25) is 0 Å². The average molecular weight is 480 g/mol. The number of aliphatic hydroxyl groups is 1. The van der Waals surface area contributed by atoms with Crippen molar-refractivity contribution in [1.29, 1.82) is 0 Å². The first-order chi connectivity index (χ1) is 16.9. The highest BCUT2D eigenvalue weighted by molar-refractivity contribution is 5.82. The molecule has 0 bridgehead atoms. The van der Waals surface area contributed by atoms with E-state index < -0.39 is 11.0 Å². The topological polar surface area (TPSA) is 143 Å². The minimum absolute atomic E-state index is 0.0150. The molecule has 0 aliphatic carbocycles. The zero-order valence-electron chi connectivity index (χ0n) is 19.2. The monoisotopic (exact) mass is 480 g/mol. The van der Waals surface area contributed by atoms with Crippen molar-refractivity contribution in [1.82, 2.24) is 15.0 Å². The zero-order valence-corrected chi connectivity index (χ0v) is 19.2. The smallest absolute Gasteiger partial charge is 0.339 e. The van der Waals surface area contributed by atoms with Gasteiger partial charge in [0, 0.05) is 23.1 Å². The van der Waals surface area contributed by atoms with E-state index in [9.17, 15) is 20.0 Å². The fourth-order valence-corrected chi connectivity index (χ4v) is 3.71. The highest BCUT2D eigenvalue weighted by atomic mass is 16.6. The number of rotatable bonds is 10. The van der Waals surface area contributed by atoms with Crippen LogP contribution < -0.4 is 15.1 Å². The Balaban J connectivity index is 1.33. The fraction of sp³-hybridized carbons (Fsp3) is 0.292. The van der Waals surface area contributed by atoms with Crippen molar-refractivity contribution in [3.63, 3.8) is 0 Å². The van der Waals surface area contributed by atoms with Gasteiger partial charge in [-0.2, -0.15) is 0 Å². The molecule has 0 spiro atoms. The Hall–Kier alpha value is -4.25. The molecular weight excluding hydrogens is 456 g/mol. The summed E-state index contributed by atoms with van der Waals surface area (Å²) in [6.07, 6.45) is 1.28. The van der Waals surface area contributed by atoms with Crippen LogP contribution in [0.5, 0.6) is 11.5 Å². The summed E-state index contributed by atoms with van der Waals surface area (Å²) in [5.74, 6) is 0.591. The summed E-state index contributed by atoms with van der Waals surface area (Å²) in [5.41, 5.74) is 1.92. The fourth-order valence-electron chi connectivity index (χ4n) is 3.71. The molecule has 35 heavy (non-hydrogen) atoms. The van der Waals surface area contributed by atoms with Gasteiger partial charge in [0.2, 0.25) is 0 Å². The number of para-hydroxylation sites is 2. The van der Waals surface area contributed by atoms with Crippen molar-refractivity contribution >= 4 is 16.7 Å². The Morgan fingerprint density at radius 2 is 2.03 bits per heavy atom. The van der Waals surface area contributed by atoms with E-state index in [4.69, 9.17) is 13.9 Å². The van der Waals surface area contributed by atoms with Crippen LogP contribution in [0.1, 0.15) is 23.7 Å². The molecule has 1 unspecified atom stereocenters. The highest BCUT2D eigenvalue weighted by Gasteiger charge is 2.15. The van der Waals surface area contributed by atoms with Crippen LogP contribution in [0.4, 0.5) is 5.69 Å². The van der Waals surface area contributed by atoms with Crippen molar-refractivity contribution in [3.05, 3.63) is 86.0 Å². The first kappa shape index (κ1) is 23.9. The second-order valence-corrected chi connectivity index (χ2v) is 7.91. The molecule has 0 saturated carbocycles. The molecule has 2 aromatic carbocycles. The summed E-state index contributed by atoms with van der Waals surface area (Å²) in [6, 6.07) is 11.3. The van der Waals surface area contributed by atoms with Gasteiger partial charge in [0.15, 0.2) is 5.75 Å². The Morgan fingerprint density at radius 1 is 1.23 bits per heavy atom. The van der Waals surface area contributed by atoms with Gasteiger partial charge >= 0.3 is 11.3 Å². The zero-order chi connectivity index (χ0) is 24.9. The van der Waals surface area contributed by atoms with E-state index in [2.05, 4.69) is 10.3 Å². The van der Waals surface area contributed by atoms with E-state index in [1.165, 1.54) is 16.8 Å². The van der Waals surface area contributed by atoms with Gasteiger partial charge in [0.1, 0.15) is 36.3 Å².